The summed E-state index contributed by atoms with van der Waals surface area (Å²) < 4.78 is 23.3. The third-order valence-electron chi connectivity index (χ3n) is 2.04. The molecule has 0 radical (unpaired) electrons. The highest BCUT2D eigenvalue weighted by atomic mass is 19.1. The first-order chi connectivity index (χ1) is 6.75. The van der Waals surface area contributed by atoms with Crippen LogP contribution in [0.3, 0.4) is 0 Å². The van der Waals surface area contributed by atoms with E-state index in [0.29, 0.717) is 19.1 Å². The van der Waals surface area contributed by atoms with Crippen molar-refractivity contribution in [2.75, 3.05) is 18.9 Å². The lowest BCUT2D eigenvalue weighted by Gasteiger charge is -2.10. The minimum atomic E-state index is -0.528. The summed E-state index contributed by atoms with van der Waals surface area (Å²) in [6, 6.07) is 1.38. The van der Waals surface area contributed by atoms with Crippen LogP contribution in [0, 0.1) is 5.82 Å². The second-order valence-corrected chi connectivity index (χ2v) is 3.15. The van der Waals surface area contributed by atoms with Crippen molar-refractivity contribution in [3.63, 3.8) is 0 Å². The first-order valence-electron chi connectivity index (χ1n) is 4.41. The van der Waals surface area contributed by atoms with Gasteiger partial charge in [0.15, 0.2) is 5.82 Å². The molecule has 76 valence electrons. The van der Waals surface area contributed by atoms with E-state index in [0.717, 1.165) is 12.6 Å². The highest BCUT2D eigenvalue weighted by Crippen LogP contribution is 2.18. The molecule has 4 nitrogen and oxygen atoms in total. The summed E-state index contributed by atoms with van der Waals surface area (Å²) in [6.45, 7) is 1.25. The number of pyridine rings is 1. The van der Waals surface area contributed by atoms with Gasteiger partial charge in [-0.15, -0.1) is 0 Å². The maximum Gasteiger partial charge on any atom is 0.215 e. The number of hydrogen-bond donors (Lipinski definition) is 1. The monoisotopic (exact) mass is 198 g/mol. The SMILES string of the molecule is Nc1cc(O[C@@H]2CCOC2)ncc1F. The molecule has 1 saturated heterocycles. The van der Waals surface area contributed by atoms with Gasteiger partial charge < -0.3 is 15.2 Å². The van der Waals surface area contributed by atoms with Crippen LogP contribution < -0.4 is 10.5 Å². The molecule has 0 unspecified atom stereocenters. The summed E-state index contributed by atoms with van der Waals surface area (Å²) in [7, 11) is 0. The van der Waals surface area contributed by atoms with Gasteiger partial charge in [0.2, 0.25) is 5.88 Å². The number of nitrogens with two attached hydrogens (primary N) is 1. The van der Waals surface area contributed by atoms with Crippen LogP contribution >= 0.6 is 0 Å². The van der Waals surface area contributed by atoms with E-state index in [1.807, 2.05) is 0 Å². The summed E-state index contributed by atoms with van der Waals surface area (Å²) in [6.07, 6.45) is 1.90. The van der Waals surface area contributed by atoms with Crippen LogP contribution in [0.25, 0.3) is 0 Å². The average Bonchev–Trinajstić information content (AvgIpc) is 2.64. The van der Waals surface area contributed by atoms with E-state index < -0.39 is 5.82 Å². The van der Waals surface area contributed by atoms with Crippen molar-refractivity contribution < 1.29 is 13.9 Å². The number of hydrogen-bond acceptors (Lipinski definition) is 4. The van der Waals surface area contributed by atoms with E-state index >= 15 is 0 Å². The van der Waals surface area contributed by atoms with Crippen LogP contribution in [0.2, 0.25) is 0 Å². The second kappa shape index (κ2) is 3.79. The third kappa shape index (κ3) is 1.93. The molecule has 1 fully saturated rings. The Balaban J connectivity index is 2.05. The molecule has 14 heavy (non-hydrogen) atoms. The number of halogens is 1. The van der Waals surface area contributed by atoms with E-state index in [1.165, 1.54) is 6.07 Å². The zero-order valence-electron chi connectivity index (χ0n) is 7.57. The van der Waals surface area contributed by atoms with Gasteiger partial charge in [-0.05, 0) is 0 Å². The van der Waals surface area contributed by atoms with Gasteiger partial charge in [0.1, 0.15) is 6.10 Å². The number of nitrogens with zero attached hydrogens (tertiary/aromatic N) is 1. The van der Waals surface area contributed by atoms with Gasteiger partial charge in [-0.1, -0.05) is 0 Å². The van der Waals surface area contributed by atoms with Crippen molar-refractivity contribution in [1.82, 2.24) is 4.98 Å². The fourth-order valence-electron chi connectivity index (χ4n) is 1.28. The summed E-state index contributed by atoms with van der Waals surface area (Å²) in [4.78, 5) is 3.77. The Morgan fingerprint density at radius 1 is 1.64 bits per heavy atom. The maximum atomic E-state index is 12.7. The third-order valence-corrected chi connectivity index (χ3v) is 2.04. The van der Waals surface area contributed by atoms with Crippen molar-refractivity contribution >= 4 is 5.69 Å². The van der Waals surface area contributed by atoms with E-state index in [2.05, 4.69) is 4.98 Å². The first-order valence-corrected chi connectivity index (χ1v) is 4.41. The fraction of sp³-hybridized carbons (Fsp3) is 0.444. The number of anilines is 1. The molecule has 0 amide bonds. The molecule has 0 bridgehead atoms. The topological polar surface area (TPSA) is 57.4 Å². The smallest absolute Gasteiger partial charge is 0.215 e. The van der Waals surface area contributed by atoms with Crippen molar-refractivity contribution in [3.05, 3.63) is 18.1 Å². The van der Waals surface area contributed by atoms with Crippen LogP contribution in [-0.2, 0) is 4.74 Å². The summed E-state index contributed by atoms with van der Waals surface area (Å²) in [5.74, 6) is -0.181. The number of ether oxygens (including phenoxy) is 2. The minimum absolute atomic E-state index is 0.00682. The highest BCUT2D eigenvalue weighted by Gasteiger charge is 2.17. The van der Waals surface area contributed by atoms with Gasteiger partial charge in [-0.25, -0.2) is 9.37 Å². The van der Waals surface area contributed by atoms with E-state index in [1.54, 1.807) is 0 Å². The molecule has 2 rings (SSSR count). The van der Waals surface area contributed by atoms with Gasteiger partial charge in [0.25, 0.3) is 0 Å². The second-order valence-electron chi connectivity index (χ2n) is 3.15. The standard InChI is InChI=1S/C9H11FN2O2/c10-7-4-12-9(3-8(7)11)14-6-1-2-13-5-6/h3-4,6H,1-2,5H2,(H2,11,12)/t6-/m1/s1. The normalized spacial score (nSPS) is 21.1. The number of nitrogen functional groups attached to an aromatic ring is 1. The quantitative estimate of drug-likeness (QED) is 0.769. The van der Waals surface area contributed by atoms with Crippen LogP contribution in [0.5, 0.6) is 5.88 Å². The molecule has 2 N–H and O–H groups in total. The lowest BCUT2D eigenvalue weighted by atomic mass is 10.3. The molecular formula is C9H11FN2O2. The van der Waals surface area contributed by atoms with Crippen LogP contribution in [0.15, 0.2) is 12.3 Å². The lowest BCUT2D eigenvalue weighted by Crippen LogP contribution is -2.16. The summed E-state index contributed by atoms with van der Waals surface area (Å²) in [5, 5.41) is 0. The van der Waals surface area contributed by atoms with Gasteiger partial charge >= 0.3 is 0 Å². The molecule has 1 aromatic heterocycles. The number of aromatic nitrogens is 1. The molecule has 0 aliphatic carbocycles. The molecule has 1 aliphatic heterocycles. The minimum Gasteiger partial charge on any atom is -0.472 e. The number of rotatable bonds is 2. The van der Waals surface area contributed by atoms with Crippen molar-refractivity contribution in [2.24, 2.45) is 0 Å². The Hall–Kier alpha value is -1.36. The molecule has 0 saturated carbocycles. The maximum absolute atomic E-state index is 12.7. The van der Waals surface area contributed by atoms with Crippen LogP contribution in [0.1, 0.15) is 6.42 Å². The Morgan fingerprint density at radius 3 is 3.14 bits per heavy atom. The summed E-state index contributed by atoms with van der Waals surface area (Å²) >= 11 is 0. The van der Waals surface area contributed by atoms with Gasteiger partial charge in [-0.2, -0.15) is 0 Å². The fourth-order valence-corrected chi connectivity index (χ4v) is 1.28. The summed E-state index contributed by atoms with van der Waals surface area (Å²) in [5.41, 5.74) is 5.42. The van der Waals surface area contributed by atoms with Gasteiger partial charge in [-0.3, -0.25) is 0 Å². The molecule has 0 aromatic carbocycles. The zero-order valence-corrected chi connectivity index (χ0v) is 7.57. The van der Waals surface area contributed by atoms with Crippen LogP contribution in [0.4, 0.5) is 10.1 Å². The predicted molar refractivity (Wildman–Crippen MR) is 48.5 cm³/mol. The molecule has 1 aromatic rings. The van der Waals surface area contributed by atoms with E-state index in [4.69, 9.17) is 15.2 Å². The van der Waals surface area contributed by atoms with Crippen molar-refractivity contribution in [3.8, 4) is 5.88 Å². The molecular weight excluding hydrogens is 187 g/mol. The van der Waals surface area contributed by atoms with Gasteiger partial charge in [0.05, 0.1) is 25.1 Å². The molecule has 1 aliphatic rings. The Morgan fingerprint density at radius 2 is 2.50 bits per heavy atom. The highest BCUT2D eigenvalue weighted by molar-refractivity contribution is 5.41. The average molecular weight is 198 g/mol. The first kappa shape index (κ1) is 9.21. The molecule has 2 heterocycles. The van der Waals surface area contributed by atoms with Crippen molar-refractivity contribution in [1.29, 1.82) is 0 Å². The van der Waals surface area contributed by atoms with Crippen molar-refractivity contribution in [2.45, 2.75) is 12.5 Å². The lowest BCUT2D eigenvalue weighted by molar-refractivity contribution is 0.138. The predicted octanol–water partition coefficient (Wildman–Crippen LogP) is 0.971. The Labute approximate surface area is 80.8 Å². The van der Waals surface area contributed by atoms with Crippen LogP contribution in [-0.4, -0.2) is 24.3 Å². The molecule has 0 spiro atoms. The zero-order chi connectivity index (χ0) is 9.97. The van der Waals surface area contributed by atoms with Gasteiger partial charge in [0, 0.05) is 12.5 Å². The molecule has 5 heteroatoms. The molecule has 1 atom stereocenters. The Bertz CT molecular complexity index is 327. The largest absolute Gasteiger partial charge is 0.472 e. The van der Waals surface area contributed by atoms with E-state index in [-0.39, 0.29) is 11.8 Å². The Kier molecular flexibility index (Phi) is 2.49. The van der Waals surface area contributed by atoms with E-state index in [9.17, 15) is 4.39 Å².